The van der Waals surface area contributed by atoms with Crippen molar-refractivity contribution in [3.8, 4) is 59.9 Å². The Balaban J connectivity index is 1.09. The lowest BCUT2D eigenvalue weighted by molar-refractivity contribution is 1.69. The van der Waals surface area contributed by atoms with Gasteiger partial charge in [-0.1, -0.05) is 36.4 Å². The topological polar surface area (TPSA) is 0 Å². The minimum absolute atomic E-state index is 1.28. The molecular formula is C30H18S6. The van der Waals surface area contributed by atoms with Gasteiger partial charge < -0.3 is 0 Å². The largest absolute Gasteiger partial charge is 0.143 e. The molecule has 0 amide bonds. The van der Waals surface area contributed by atoms with Gasteiger partial charge in [-0.3, -0.25) is 0 Å². The van der Waals surface area contributed by atoms with Gasteiger partial charge in [0.25, 0.3) is 0 Å². The van der Waals surface area contributed by atoms with Crippen LogP contribution in [-0.2, 0) is 0 Å². The molecule has 0 saturated carbocycles. The lowest BCUT2D eigenvalue weighted by Gasteiger charge is -2.01. The molecule has 6 aromatic heterocycles. The van der Waals surface area contributed by atoms with Crippen LogP contribution in [0.5, 0.6) is 0 Å². The van der Waals surface area contributed by atoms with E-state index in [1.54, 1.807) is 22.7 Å². The second-order valence-corrected chi connectivity index (χ2v) is 14.4. The fourth-order valence-corrected chi connectivity index (χ4v) is 9.98. The first-order valence-electron chi connectivity index (χ1n) is 11.4. The van der Waals surface area contributed by atoms with Gasteiger partial charge in [-0.2, -0.15) is 0 Å². The zero-order valence-electron chi connectivity index (χ0n) is 18.8. The molecular weight excluding hydrogens is 553 g/mol. The van der Waals surface area contributed by atoms with E-state index < -0.39 is 0 Å². The van der Waals surface area contributed by atoms with Crippen LogP contribution in [0.15, 0.2) is 108 Å². The monoisotopic (exact) mass is 570 g/mol. The Morgan fingerprint density at radius 3 is 0.917 bits per heavy atom. The predicted molar refractivity (Wildman–Crippen MR) is 166 cm³/mol. The SMILES string of the molecule is c1csc(-c2ccc(-c3ccc(-c4ccc(-c5ccc(-c6ccc(-c7cccs7)s6)s5)cc4)s3)s2)c1. The summed E-state index contributed by atoms with van der Waals surface area (Å²) in [5.41, 5.74) is 2.56. The summed E-state index contributed by atoms with van der Waals surface area (Å²) in [5.74, 6) is 0. The van der Waals surface area contributed by atoms with Gasteiger partial charge in [-0.05, 0) is 82.6 Å². The highest BCUT2D eigenvalue weighted by molar-refractivity contribution is 7.27. The van der Waals surface area contributed by atoms with Crippen molar-refractivity contribution in [3.05, 3.63) is 108 Å². The third-order valence-electron chi connectivity index (χ3n) is 5.89. The minimum Gasteiger partial charge on any atom is -0.143 e. The molecule has 0 aliphatic carbocycles. The highest BCUT2D eigenvalue weighted by Crippen LogP contribution is 2.43. The maximum atomic E-state index is 2.26. The Hall–Kier alpha value is -2.58. The second kappa shape index (κ2) is 9.71. The molecule has 6 heteroatoms. The standard InChI is InChI=1S/C30H18S6/c1-3-23(31-17-1)25-13-15-29(35-25)27-11-9-21(33-27)19-5-7-20(8-6-19)22-10-12-28(34-22)30-16-14-26(36-30)24-4-2-18-32-24/h1-18H. The zero-order valence-corrected chi connectivity index (χ0v) is 23.7. The summed E-state index contributed by atoms with van der Waals surface area (Å²) in [6, 6.07) is 35.7. The maximum Gasteiger partial charge on any atom is 0.0449 e. The summed E-state index contributed by atoms with van der Waals surface area (Å²) >= 11 is 11.1. The van der Waals surface area contributed by atoms with Crippen LogP contribution < -0.4 is 0 Å². The average molecular weight is 571 g/mol. The van der Waals surface area contributed by atoms with Gasteiger partial charge in [-0.25, -0.2) is 0 Å². The molecule has 0 unspecified atom stereocenters. The number of hydrogen-bond acceptors (Lipinski definition) is 6. The Morgan fingerprint density at radius 2 is 0.583 bits per heavy atom. The van der Waals surface area contributed by atoms with Gasteiger partial charge in [0.05, 0.1) is 0 Å². The van der Waals surface area contributed by atoms with Crippen LogP contribution in [0.4, 0.5) is 0 Å². The number of rotatable bonds is 6. The summed E-state index contributed by atoms with van der Waals surface area (Å²) in [5, 5.41) is 4.28. The van der Waals surface area contributed by atoms with Crippen molar-refractivity contribution >= 4 is 68.0 Å². The molecule has 174 valence electrons. The Bertz CT molecular complexity index is 1590. The number of thiophene rings is 6. The minimum atomic E-state index is 1.28. The van der Waals surface area contributed by atoms with E-state index >= 15 is 0 Å². The summed E-state index contributed by atoms with van der Waals surface area (Å²) in [4.78, 5) is 13.4. The molecule has 36 heavy (non-hydrogen) atoms. The van der Waals surface area contributed by atoms with Gasteiger partial charge in [0.15, 0.2) is 0 Å². The average Bonchev–Trinajstić information content (AvgIpc) is 3.74. The van der Waals surface area contributed by atoms with Crippen molar-refractivity contribution in [2.75, 3.05) is 0 Å². The highest BCUT2D eigenvalue weighted by atomic mass is 32.1. The van der Waals surface area contributed by atoms with Gasteiger partial charge in [0.2, 0.25) is 0 Å². The van der Waals surface area contributed by atoms with Crippen molar-refractivity contribution in [1.29, 1.82) is 0 Å². The molecule has 0 N–H and O–H groups in total. The molecule has 0 aliphatic heterocycles. The van der Waals surface area contributed by atoms with E-state index in [1.807, 2.05) is 45.3 Å². The predicted octanol–water partition coefficient (Wildman–Crippen LogP) is 12.1. The van der Waals surface area contributed by atoms with Crippen LogP contribution >= 0.6 is 68.0 Å². The molecule has 0 bridgehead atoms. The van der Waals surface area contributed by atoms with Gasteiger partial charge in [0, 0.05) is 48.8 Å². The third kappa shape index (κ3) is 4.39. The molecule has 0 spiro atoms. The summed E-state index contributed by atoms with van der Waals surface area (Å²) < 4.78 is 0. The molecule has 0 nitrogen and oxygen atoms in total. The summed E-state index contributed by atoms with van der Waals surface area (Å²) in [6.45, 7) is 0. The number of benzene rings is 1. The lowest BCUT2D eigenvalue weighted by atomic mass is 10.1. The molecule has 7 aromatic rings. The molecule has 6 heterocycles. The van der Waals surface area contributed by atoms with Crippen molar-refractivity contribution < 1.29 is 0 Å². The Kier molecular flexibility index (Phi) is 6.10. The summed E-state index contributed by atoms with van der Waals surface area (Å²) in [7, 11) is 0. The Labute approximate surface area is 234 Å². The zero-order chi connectivity index (χ0) is 23.9. The van der Waals surface area contributed by atoms with Crippen molar-refractivity contribution in [1.82, 2.24) is 0 Å². The van der Waals surface area contributed by atoms with Gasteiger partial charge in [0.1, 0.15) is 0 Å². The molecule has 0 radical (unpaired) electrons. The van der Waals surface area contributed by atoms with E-state index in [-0.39, 0.29) is 0 Å². The van der Waals surface area contributed by atoms with Gasteiger partial charge >= 0.3 is 0 Å². The molecule has 0 aliphatic rings. The first-order valence-corrected chi connectivity index (χ1v) is 16.4. The second-order valence-electron chi connectivity index (χ2n) is 8.19. The van der Waals surface area contributed by atoms with Crippen molar-refractivity contribution in [3.63, 3.8) is 0 Å². The van der Waals surface area contributed by atoms with E-state index in [9.17, 15) is 0 Å². The molecule has 7 rings (SSSR count). The highest BCUT2D eigenvalue weighted by Gasteiger charge is 2.12. The number of hydrogen-bond donors (Lipinski definition) is 0. The smallest absolute Gasteiger partial charge is 0.0449 e. The van der Waals surface area contributed by atoms with Gasteiger partial charge in [-0.15, -0.1) is 68.0 Å². The van der Waals surface area contributed by atoms with E-state index in [2.05, 4.69) is 108 Å². The van der Waals surface area contributed by atoms with E-state index in [0.717, 1.165) is 0 Å². The van der Waals surface area contributed by atoms with E-state index in [4.69, 9.17) is 0 Å². The first kappa shape index (κ1) is 22.6. The fraction of sp³-hybridized carbons (Fsp3) is 0. The van der Waals surface area contributed by atoms with Crippen molar-refractivity contribution in [2.24, 2.45) is 0 Å². The quantitative estimate of drug-likeness (QED) is 0.186. The fourth-order valence-electron chi connectivity index (χ4n) is 4.09. The van der Waals surface area contributed by atoms with Crippen LogP contribution in [0.3, 0.4) is 0 Å². The maximum absolute atomic E-state index is 2.26. The van der Waals surface area contributed by atoms with E-state index in [1.165, 1.54) is 59.9 Å². The van der Waals surface area contributed by atoms with Crippen molar-refractivity contribution in [2.45, 2.75) is 0 Å². The molecule has 0 atom stereocenters. The Morgan fingerprint density at radius 1 is 0.278 bits per heavy atom. The van der Waals surface area contributed by atoms with E-state index in [0.29, 0.717) is 0 Å². The normalized spacial score (nSPS) is 11.3. The molecule has 1 aromatic carbocycles. The molecule has 0 saturated heterocycles. The third-order valence-corrected chi connectivity index (χ3v) is 12.9. The summed E-state index contributed by atoms with van der Waals surface area (Å²) in [6.07, 6.45) is 0. The van der Waals surface area contributed by atoms with Crippen LogP contribution in [0.1, 0.15) is 0 Å². The van der Waals surface area contributed by atoms with Crippen LogP contribution in [-0.4, -0.2) is 0 Å². The molecule has 0 fully saturated rings. The lowest BCUT2D eigenvalue weighted by Crippen LogP contribution is -1.74. The van der Waals surface area contributed by atoms with Crippen LogP contribution in [0, 0.1) is 0 Å². The van der Waals surface area contributed by atoms with Crippen LogP contribution in [0.25, 0.3) is 59.9 Å². The first-order chi connectivity index (χ1) is 17.8. The van der Waals surface area contributed by atoms with Crippen LogP contribution in [0.2, 0.25) is 0 Å².